The Labute approximate surface area is 105 Å². The van der Waals surface area contributed by atoms with Gasteiger partial charge in [-0.05, 0) is 13.8 Å². The third kappa shape index (κ3) is 4.66. The minimum absolute atomic E-state index is 0.104. The molecule has 0 spiro atoms. The number of aromatic nitrogens is 2. The molecule has 0 amide bonds. The van der Waals surface area contributed by atoms with Crippen molar-refractivity contribution >= 4 is 17.6 Å². The minimum atomic E-state index is -0.535. The largest absolute Gasteiger partial charge is 0.461 e. The third-order valence-corrected chi connectivity index (χ3v) is 2.49. The van der Waals surface area contributed by atoms with Crippen LogP contribution in [-0.2, 0) is 9.47 Å². The van der Waals surface area contributed by atoms with E-state index < -0.39 is 5.97 Å². The smallest absolute Gasteiger partial charge is 0.358 e. The Balaban J connectivity index is 2.46. The highest BCUT2D eigenvalue weighted by molar-refractivity contribution is 6.29. The summed E-state index contributed by atoms with van der Waals surface area (Å²) in [6.07, 6.45) is 3.27. The summed E-state index contributed by atoms with van der Waals surface area (Å²) in [5.41, 5.74) is -0.215. The maximum atomic E-state index is 11.5. The van der Waals surface area contributed by atoms with Gasteiger partial charge in [-0.2, -0.15) is 0 Å². The quantitative estimate of drug-likeness (QED) is 0.757. The first kappa shape index (κ1) is 13.9. The van der Waals surface area contributed by atoms with Gasteiger partial charge < -0.3 is 9.47 Å². The molecule has 6 heteroatoms. The summed E-state index contributed by atoms with van der Waals surface area (Å²) in [6.45, 7) is 4.09. The number of esters is 1. The van der Waals surface area contributed by atoms with Crippen molar-refractivity contribution in [3.63, 3.8) is 0 Å². The first-order valence-electron chi connectivity index (χ1n) is 5.14. The molecular formula is C11H15ClN2O3. The first-order valence-corrected chi connectivity index (χ1v) is 5.52. The Bertz CT molecular complexity index is 396. The van der Waals surface area contributed by atoms with Crippen LogP contribution in [0.4, 0.5) is 0 Å². The van der Waals surface area contributed by atoms with Crippen molar-refractivity contribution in [2.75, 3.05) is 13.7 Å². The number of rotatable bonds is 5. The van der Waals surface area contributed by atoms with E-state index in [9.17, 15) is 4.79 Å². The summed E-state index contributed by atoms with van der Waals surface area (Å²) in [7, 11) is 1.62. The number of carbonyl (C=O) groups excluding carboxylic acids is 1. The van der Waals surface area contributed by atoms with Crippen LogP contribution in [0.3, 0.4) is 0 Å². The van der Waals surface area contributed by atoms with Crippen LogP contribution < -0.4 is 0 Å². The zero-order chi connectivity index (χ0) is 12.9. The molecule has 0 bridgehead atoms. The monoisotopic (exact) mass is 258 g/mol. The lowest BCUT2D eigenvalue weighted by Crippen LogP contribution is -2.25. The lowest BCUT2D eigenvalue weighted by atomic mass is 10.1. The van der Waals surface area contributed by atoms with E-state index in [-0.39, 0.29) is 23.1 Å². The molecule has 0 N–H and O–H groups in total. The predicted octanol–water partition coefficient (Wildman–Crippen LogP) is 2.10. The van der Waals surface area contributed by atoms with Crippen LogP contribution in [0, 0.1) is 0 Å². The molecular weight excluding hydrogens is 244 g/mol. The molecule has 0 saturated heterocycles. The molecule has 1 heterocycles. The molecule has 0 saturated carbocycles. The molecule has 0 fully saturated rings. The number of ether oxygens (including phenoxy) is 2. The average Bonchev–Trinajstić information content (AvgIpc) is 2.28. The standard InChI is InChI=1S/C11H15ClN2O3/c1-11(2,16-3)4-5-17-10(15)8-6-13-7-9(12)14-8/h6-7H,4-5H2,1-3H3. The molecule has 94 valence electrons. The molecule has 0 radical (unpaired) electrons. The Kier molecular flexibility index (Phi) is 4.84. The van der Waals surface area contributed by atoms with Crippen molar-refractivity contribution < 1.29 is 14.3 Å². The van der Waals surface area contributed by atoms with E-state index in [0.29, 0.717) is 6.42 Å². The predicted molar refractivity (Wildman–Crippen MR) is 63.0 cm³/mol. The Hall–Kier alpha value is -1.20. The van der Waals surface area contributed by atoms with Crippen LogP contribution in [-0.4, -0.2) is 35.3 Å². The van der Waals surface area contributed by atoms with E-state index in [4.69, 9.17) is 21.1 Å². The van der Waals surface area contributed by atoms with Crippen molar-refractivity contribution in [2.24, 2.45) is 0 Å². The van der Waals surface area contributed by atoms with E-state index in [1.165, 1.54) is 12.4 Å². The number of halogens is 1. The molecule has 0 aliphatic carbocycles. The fraction of sp³-hybridized carbons (Fsp3) is 0.545. The molecule has 0 aromatic carbocycles. The lowest BCUT2D eigenvalue weighted by molar-refractivity contribution is -0.00581. The number of carbonyl (C=O) groups is 1. The van der Waals surface area contributed by atoms with E-state index in [0.717, 1.165) is 0 Å². The Morgan fingerprint density at radius 3 is 2.76 bits per heavy atom. The first-order chi connectivity index (χ1) is 7.94. The number of methoxy groups -OCH3 is 1. The van der Waals surface area contributed by atoms with Gasteiger partial charge in [0.1, 0.15) is 5.15 Å². The maximum absolute atomic E-state index is 11.5. The van der Waals surface area contributed by atoms with Gasteiger partial charge in [-0.1, -0.05) is 11.6 Å². The minimum Gasteiger partial charge on any atom is -0.461 e. The van der Waals surface area contributed by atoms with E-state index in [1.807, 2.05) is 13.8 Å². The fourth-order valence-electron chi connectivity index (χ4n) is 1.01. The van der Waals surface area contributed by atoms with Crippen LogP contribution in [0.5, 0.6) is 0 Å². The number of nitrogens with zero attached hydrogens (tertiary/aromatic N) is 2. The Morgan fingerprint density at radius 1 is 1.47 bits per heavy atom. The summed E-state index contributed by atoms with van der Waals surface area (Å²) in [5, 5.41) is 0.164. The van der Waals surface area contributed by atoms with Gasteiger partial charge in [-0.25, -0.2) is 9.78 Å². The SMILES string of the molecule is COC(C)(C)CCOC(=O)c1cncc(Cl)n1. The molecule has 1 aromatic rings. The van der Waals surface area contributed by atoms with Crippen LogP contribution in [0.25, 0.3) is 0 Å². The van der Waals surface area contributed by atoms with Gasteiger partial charge in [0, 0.05) is 13.5 Å². The van der Waals surface area contributed by atoms with E-state index in [2.05, 4.69) is 9.97 Å². The summed E-state index contributed by atoms with van der Waals surface area (Å²) in [4.78, 5) is 19.1. The molecule has 1 aromatic heterocycles. The summed E-state index contributed by atoms with van der Waals surface area (Å²) in [5.74, 6) is -0.535. The fourth-order valence-corrected chi connectivity index (χ4v) is 1.15. The third-order valence-electron chi connectivity index (χ3n) is 2.30. The van der Waals surface area contributed by atoms with Crippen LogP contribution in [0.2, 0.25) is 5.15 Å². The topological polar surface area (TPSA) is 61.3 Å². The van der Waals surface area contributed by atoms with Gasteiger partial charge >= 0.3 is 5.97 Å². The van der Waals surface area contributed by atoms with Gasteiger partial charge in [-0.3, -0.25) is 4.98 Å². The summed E-state index contributed by atoms with van der Waals surface area (Å²) in [6, 6.07) is 0. The summed E-state index contributed by atoms with van der Waals surface area (Å²) >= 11 is 5.62. The molecule has 0 aliphatic rings. The van der Waals surface area contributed by atoms with Crippen LogP contribution >= 0.6 is 11.6 Å². The average molecular weight is 259 g/mol. The van der Waals surface area contributed by atoms with Gasteiger partial charge in [0.05, 0.1) is 24.6 Å². The Morgan fingerprint density at radius 2 is 2.18 bits per heavy atom. The van der Waals surface area contributed by atoms with Crippen molar-refractivity contribution in [2.45, 2.75) is 25.9 Å². The van der Waals surface area contributed by atoms with Crippen molar-refractivity contribution in [1.29, 1.82) is 0 Å². The molecule has 1 rings (SSSR count). The second kappa shape index (κ2) is 5.93. The second-order valence-electron chi connectivity index (χ2n) is 4.08. The zero-order valence-corrected chi connectivity index (χ0v) is 10.8. The zero-order valence-electron chi connectivity index (χ0n) is 10.1. The highest BCUT2D eigenvalue weighted by Gasteiger charge is 2.18. The van der Waals surface area contributed by atoms with Crippen molar-refractivity contribution in [3.05, 3.63) is 23.2 Å². The highest BCUT2D eigenvalue weighted by atomic mass is 35.5. The molecule has 0 atom stereocenters. The van der Waals surface area contributed by atoms with Crippen molar-refractivity contribution in [1.82, 2.24) is 9.97 Å². The molecule has 5 nitrogen and oxygen atoms in total. The van der Waals surface area contributed by atoms with Gasteiger partial charge in [0.25, 0.3) is 0 Å². The van der Waals surface area contributed by atoms with Crippen molar-refractivity contribution in [3.8, 4) is 0 Å². The maximum Gasteiger partial charge on any atom is 0.358 e. The van der Waals surface area contributed by atoms with Gasteiger partial charge in [0.2, 0.25) is 0 Å². The highest BCUT2D eigenvalue weighted by Crippen LogP contribution is 2.13. The number of hydrogen-bond acceptors (Lipinski definition) is 5. The molecule has 0 aliphatic heterocycles. The van der Waals surface area contributed by atoms with Crippen LogP contribution in [0.1, 0.15) is 30.8 Å². The van der Waals surface area contributed by atoms with Gasteiger partial charge in [-0.15, -0.1) is 0 Å². The normalized spacial score (nSPS) is 11.3. The second-order valence-corrected chi connectivity index (χ2v) is 4.46. The number of hydrogen-bond donors (Lipinski definition) is 0. The van der Waals surface area contributed by atoms with E-state index in [1.54, 1.807) is 7.11 Å². The lowest BCUT2D eigenvalue weighted by Gasteiger charge is -2.22. The van der Waals surface area contributed by atoms with Gasteiger partial charge in [0.15, 0.2) is 5.69 Å². The molecule has 0 unspecified atom stereocenters. The summed E-state index contributed by atoms with van der Waals surface area (Å²) < 4.78 is 10.2. The molecule has 17 heavy (non-hydrogen) atoms. The van der Waals surface area contributed by atoms with E-state index >= 15 is 0 Å². The van der Waals surface area contributed by atoms with Crippen LogP contribution in [0.15, 0.2) is 12.4 Å².